The number of carbonyl (C=O) groups excluding carboxylic acids is 1. The molecular weight excluding hydrogens is 278 g/mol. The first-order chi connectivity index (χ1) is 10.5. The minimum Gasteiger partial charge on any atom is -0.478 e. The number of hydrogen-bond acceptors (Lipinski definition) is 2. The van der Waals surface area contributed by atoms with Crippen molar-refractivity contribution in [2.24, 2.45) is 5.92 Å². The Morgan fingerprint density at radius 2 is 1.95 bits per heavy atom. The molecule has 120 valence electrons. The molecule has 1 amide bonds. The van der Waals surface area contributed by atoms with Gasteiger partial charge in [-0.05, 0) is 43.7 Å². The first-order valence-corrected chi connectivity index (χ1v) is 8.09. The van der Waals surface area contributed by atoms with Crippen LogP contribution in [0.2, 0.25) is 0 Å². The highest BCUT2D eigenvalue weighted by atomic mass is 16.4. The molecule has 0 radical (unpaired) electrons. The number of hydrogen-bond donors (Lipinski definition) is 1. The average molecular weight is 303 g/mol. The summed E-state index contributed by atoms with van der Waals surface area (Å²) in [5.41, 5.74) is 1.03. The number of carbonyl (C=O) groups is 2. The predicted molar refractivity (Wildman–Crippen MR) is 85.9 cm³/mol. The van der Waals surface area contributed by atoms with Gasteiger partial charge in [-0.1, -0.05) is 31.5 Å². The standard InChI is InChI=1S/C18H25NO3/c1-13-6-5-7-14(2)19(12-13)17(20)11-10-15-8-3-4-9-16(15)18(21)22/h3-4,8-9,13-14H,5-7,10-12H2,1-2H3,(H,21,22). The third-order valence-electron chi connectivity index (χ3n) is 4.54. The van der Waals surface area contributed by atoms with Crippen LogP contribution in [-0.2, 0) is 11.2 Å². The Labute approximate surface area is 132 Å². The lowest BCUT2D eigenvalue weighted by Crippen LogP contribution is -2.40. The minimum absolute atomic E-state index is 0.140. The topological polar surface area (TPSA) is 57.6 Å². The summed E-state index contributed by atoms with van der Waals surface area (Å²) in [5, 5.41) is 9.20. The number of rotatable bonds is 4. The molecule has 0 aliphatic carbocycles. The van der Waals surface area contributed by atoms with Crippen LogP contribution in [0.25, 0.3) is 0 Å². The van der Waals surface area contributed by atoms with Gasteiger partial charge >= 0.3 is 5.97 Å². The first kappa shape index (κ1) is 16.5. The normalized spacial score (nSPS) is 22.2. The van der Waals surface area contributed by atoms with E-state index in [0.29, 0.717) is 24.3 Å². The van der Waals surface area contributed by atoms with E-state index in [9.17, 15) is 14.7 Å². The number of amides is 1. The fourth-order valence-electron chi connectivity index (χ4n) is 3.20. The monoisotopic (exact) mass is 303 g/mol. The largest absolute Gasteiger partial charge is 0.478 e. The summed E-state index contributed by atoms with van der Waals surface area (Å²) in [6, 6.07) is 7.22. The highest BCUT2D eigenvalue weighted by molar-refractivity contribution is 5.89. The van der Waals surface area contributed by atoms with Crippen molar-refractivity contribution >= 4 is 11.9 Å². The van der Waals surface area contributed by atoms with E-state index >= 15 is 0 Å². The van der Waals surface area contributed by atoms with Crippen LogP contribution in [0.5, 0.6) is 0 Å². The second-order valence-electron chi connectivity index (χ2n) is 6.39. The predicted octanol–water partition coefficient (Wildman–Crippen LogP) is 3.35. The van der Waals surface area contributed by atoms with Crippen LogP contribution in [0.4, 0.5) is 0 Å². The zero-order valence-corrected chi connectivity index (χ0v) is 13.4. The van der Waals surface area contributed by atoms with E-state index in [4.69, 9.17) is 0 Å². The molecule has 1 aliphatic rings. The molecule has 0 saturated carbocycles. The van der Waals surface area contributed by atoms with Crippen LogP contribution in [0.3, 0.4) is 0 Å². The summed E-state index contributed by atoms with van der Waals surface area (Å²) >= 11 is 0. The number of carboxylic acid groups (broad SMARTS) is 1. The second kappa shape index (κ2) is 7.43. The third-order valence-corrected chi connectivity index (χ3v) is 4.54. The van der Waals surface area contributed by atoms with Crippen molar-refractivity contribution in [3.8, 4) is 0 Å². The molecular formula is C18H25NO3. The number of carboxylic acids is 1. The molecule has 1 N–H and O–H groups in total. The Morgan fingerprint density at radius 3 is 2.68 bits per heavy atom. The molecule has 0 bridgehead atoms. The van der Waals surface area contributed by atoms with Crippen LogP contribution in [0, 0.1) is 5.92 Å². The van der Waals surface area contributed by atoms with Crippen molar-refractivity contribution in [1.82, 2.24) is 4.90 Å². The number of aromatic carboxylic acids is 1. The number of likely N-dealkylation sites (tertiary alicyclic amines) is 1. The summed E-state index contributed by atoms with van der Waals surface area (Å²) in [6.45, 7) is 5.12. The van der Waals surface area contributed by atoms with Crippen molar-refractivity contribution in [3.63, 3.8) is 0 Å². The van der Waals surface area contributed by atoms with Crippen LogP contribution >= 0.6 is 0 Å². The molecule has 1 aromatic carbocycles. The molecule has 22 heavy (non-hydrogen) atoms. The van der Waals surface area contributed by atoms with Crippen LogP contribution in [0.1, 0.15) is 55.5 Å². The summed E-state index contributed by atoms with van der Waals surface area (Å²) in [5.74, 6) is -0.249. The number of benzene rings is 1. The van der Waals surface area contributed by atoms with E-state index in [-0.39, 0.29) is 11.9 Å². The zero-order valence-electron chi connectivity index (χ0n) is 13.4. The highest BCUT2D eigenvalue weighted by Gasteiger charge is 2.25. The van der Waals surface area contributed by atoms with Crippen LogP contribution < -0.4 is 0 Å². The van der Waals surface area contributed by atoms with Gasteiger partial charge in [0.05, 0.1) is 5.56 Å². The quantitative estimate of drug-likeness (QED) is 0.928. The van der Waals surface area contributed by atoms with Crippen LogP contribution in [-0.4, -0.2) is 34.5 Å². The fourth-order valence-corrected chi connectivity index (χ4v) is 3.20. The van der Waals surface area contributed by atoms with Crippen molar-refractivity contribution in [1.29, 1.82) is 0 Å². The summed E-state index contributed by atoms with van der Waals surface area (Å²) in [6.07, 6.45) is 4.27. The average Bonchev–Trinajstić information content (AvgIpc) is 2.66. The molecule has 4 nitrogen and oxygen atoms in total. The minimum atomic E-state index is -0.931. The van der Waals surface area contributed by atoms with Crippen molar-refractivity contribution in [2.75, 3.05) is 6.54 Å². The van der Waals surface area contributed by atoms with Gasteiger partial charge in [0.2, 0.25) is 5.91 Å². The molecule has 1 fully saturated rings. The lowest BCUT2D eigenvalue weighted by Gasteiger charge is -2.29. The summed E-state index contributed by atoms with van der Waals surface area (Å²) < 4.78 is 0. The molecule has 2 unspecified atom stereocenters. The first-order valence-electron chi connectivity index (χ1n) is 8.09. The Balaban J connectivity index is 2.01. The van der Waals surface area contributed by atoms with Crippen molar-refractivity contribution < 1.29 is 14.7 Å². The van der Waals surface area contributed by atoms with E-state index in [1.807, 2.05) is 11.0 Å². The molecule has 0 spiro atoms. The molecule has 2 rings (SSSR count). The maximum Gasteiger partial charge on any atom is 0.335 e. The van der Waals surface area contributed by atoms with E-state index < -0.39 is 5.97 Å². The number of aryl methyl sites for hydroxylation is 1. The van der Waals surface area contributed by atoms with Gasteiger partial charge in [0, 0.05) is 19.0 Å². The van der Waals surface area contributed by atoms with Crippen molar-refractivity contribution in [2.45, 2.75) is 52.0 Å². The van der Waals surface area contributed by atoms with Crippen molar-refractivity contribution in [3.05, 3.63) is 35.4 Å². The van der Waals surface area contributed by atoms with Gasteiger partial charge in [-0.3, -0.25) is 4.79 Å². The Morgan fingerprint density at radius 1 is 1.23 bits per heavy atom. The molecule has 1 saturated heterocycles. The Bertz CT molecular complexity index is 541. The van der Waals surface area contributed by atoms with Gasteiger partial charge in [0.15, 0.2) is 0 Å². The Kier molecular flexibility index (Phi) is 5.58. The molecule has 4 heteroatoms. The van der Waals surface area contributed by atoms with E-state index in [1.165, 1.54) is 12.8 Å². The van der Waals surface area contributed by atoms with E-state index in [1.54, 1.807) is 18.2 Å². The van der Waals surface area contributed by atoms with E-state index in [0.717, 1.165) is 18.5 Å². The Hall–Kier alpha value is -1.84. The highest BCUT2D eigenvalue weighted by Crippen LogP contribution is 2.22. The molecule has 1 heterocycles. The smallest absolute Gasteiger partial charge is 0.335 e. The molecule has 1 aliphatic heterocycles. The van der Waals surface area contributed by atoms with Gasteiger partial charge in [0.1, 0.15) is 0 Å². The third kappa shape index (κ3) is 4.09. The molecule has 1 aromatic rings. The lowest BCUT2D eigenvalue weighted by atomic mass is 10.0. The van der Waals surface area contributed by atoms with Gasteiger partial charge < -0.3 is 10.0 Å². The number of nitrogens with zero attached hydrogens (tertiary/aromatic N) is 1. The van der Waals surface area contributed by atoms with Gasteiger partial charge in [-0.15, -0.1) is 0 Å². The van der Waals surface area contributed by atoms with Gasteiger partial charge in [-0.2, -0.15) is 0 Å². The van der Waals surface area contributed by atoms with Crippen LogP contribution in [0.15, 0.2) is 24.3 Å². The second-order valence-corrected chi connectivity index (χ2v) is 6.39. The molecule has 0 aromatic heterocycles. The summed E-state index contributed by atoms with van der Waals surface area (Å²) in [4.78, 5) is 25.7. The summed E-state index contributed by atoms with van der Waals surface area (Å²) in [7, 11) is 0. The fraction of sp³-hybridized carbons (Fsp3) is 0.556. The lowest BCUT2D eigenvalue weighted by molar-refractivity contribution is -0.133. The SMILES string of the molecule is CC1CCCC(C)N(C(=O)CCc2ccccc2C(=O)O)C1. The maximum atomic E-state index is 12.5. The van der Waals surface area contributed by atoms with E-state index in [2.05, 4.69) is 13.8 Å². The van der Waals surface area contributed by atoms with Gasteiger partial charge in [0.25, 0.3) is 0 Å². The zero-order chi connectivity index (χ0) is 16.1. The van der Waals surface area contributed by atoms with Gasteiger partial charge in [-0.25, -0.2) is 4.79 Å². The maximum absolute atomic E-state index is 12.5. The molecule has 2 atom stereocenters.